The molecule has 1 aliphatic rings. The first-order valence-corrected chi connectivity index (χ1v) is 6.02. The minimum Gasteiger partial charge on any atom is -0.385 e. The zero-order chi connectivity index (χ0) is 13.4. The maximum Gasteiger partial charge on any atom is 0.417 e. The Morgan fingerprint density at radius 2 is 1.83 bits per heavy atom. The monoisotopic (exact) mass is 279 g/mol. The van der Waals surface area contributed by atoms with Crippen LogP contribution in [0.2, 0.25) is 5.02 Å². The fraction of sp³-hybridized carbons (Fsp3) is 0.500. The molecule has 0 unspecified atom stereocenters. The molecule has 1 saturated heterocycles. The van der Waals surface area contributed by atoms with Gasteiger partial charge in [0.25, 0.3) is 0 Å². The van der Waals surface area contributed by atoms with Crippen LogP contribution in [0.3, 0.4) is 0 Å². The normalized spacial score (nSPS) is 19.8. The highest BCUT2D eigenvalue weighted by Gasteiger charge is 2.39. The van der Waals surface area contributed by atoms with Crippen LogP contribution in [0.5, 0.6) is 0 Å². The lowest BCUT2D eigenvalue weighted by atomic mass is 9.84. The Hall–Kier alpha value is -0.780. The first kappa shape index (κ1) is 13.6. The molecular formula is C12H13ClF3NO. The molecule has 1 aromatic carbocycles. The number of alkyl halides is 3. The van der Waals surface area contributed by atoms with E-state index in [4.69, 9.17) is 11.6 Å². The van der Waals surface area contributed by atoms with Gasteiger partial charge in [-0.05, 0) is 32.0 Å². The first-order valence-electron chi connectivity index (χ1n) is 5.64. The van der Waals surface area contributed by atoms with E-state index in [-0.39, 0.29) is 5.56 Å². The third kappa shape index (κ3) is 2.48. The summed E-state index contributed by atoms with van der Waals surface area (Å²) in [6.45, 7) is 1.12. The molecule has 0 radical (unpaired) electrons. The highest BCUT2D eigenvalue weighted by molar-refractivity contribution is 6.32. The van der Waals surface area contributed by atoms with E-state index in [2.05, 4.69) is 5.32 Å². The number of hydrogen-bond donors (Lipinski definition) is 2. The molecular weight excluding hydrogens is 267 g/mol. The zero-order valence-electron chi connectivity index (χ0n) is 9.52. The summed E-state index contributed by atoms with van der Waals surface area (Å²) in [5, 5.41) is 13.1. The van der Waals surface area contributed by atoms with Gasteiger partial charge in [0.1, 0.15) is 0 Å². The van der Waals surface area contributed by atoms with Gasteiger partial charge in [-0.25, -0.2) is 0 Å². The van der Waals surface area contributed by atoms with Crippen LogP contribution in [0, 0.1) is 0 Å². The molecule has 0 amide bonds. The van der Waals surface area contributed by atoms with Crippen molar-refractivity contribution >= 4 is 11.6 Å². The van der Waals surface area contributed by atoms with Crippen molar-refractivity contribution in [2.75, 3.05) is 13.1 Å². The van der Waals surface area contributed by atoms with Gasteiger partial charge in [-0.3, -0.25) is 0 Å². The molecule has 0 saturated carbocycles. The van der Waals surface area contributed by atoms with Crippen molar-refractivity contribution in [3.05, 3.63) is 34.3 Å². The molecule has 2 N–H and O–H groups in total. The maximum absolute atomic E-state index is 12.7. The lowest BCUT2D eigenvalue weighted by Gasteiger charge is -2.34. The van der Waals surface area contributed by atoms with Gasteiger partial charge in [-0.2, -0.15) is 13.2 Å². The SMILES string of the molecule is OC1(c2cccc(C(F)(F)F)c2Cl)CCNCC1. The summed E-state index contributed by atoms with van der Waals surface area (Å²) in [5.41, 5.74) is -2.00. The molecule has 1 heterocycles. The van der Waals surface area contributed by atoms with Crippen LogP contribution >= 0.6 is 11.6 Å². The van der Waals surface area contributed by atoms with E-state index in [0.717, 1.165) is 6.07 Å². The first-order chi connectivity index (χ1) is 8.34. The van der Waals surface area contributed by atoms with Crippen molar-refractivity contribution in [2.45, 2.75) is 24.6 Å². The lowest BCUT2D eigenvalue weighted by Crippen LogP contribution is -2.40. The van der Waals surface area contributed by atoms with Crippen molar-refractivity contribution in [2.24, 2.45) is 0 Å². The average Bonchev–Trinajstić information content (AvgIpc) is 2.28. The molecule has 0 spiro atoms. The molecule has 6 heteroatoms. The summed E-state index contributed by atoms with van der Waals surface area (Å²) in [6.07, 6.45) is -3.79. The maximum atomic E-state index is 12.7. The van der Waals surface area contributed by atoms with Crippen LogP contribution in [0.4, 0.5) is 13.2 Å². The Morgan fingerprint density at radius 3 is 2.39 bits per heavy atom. The van der Waals surface area contributed by atoms with Crippen molar-refractivity contribution < 1.29 is 18.3 Å². The molecule has 100 valence electrons. The minimum absolute atomic E-state index is 0.167. The van der Waals surface area contributed by atoms with E-state index in [0.29, 0.717) is 25.9 Å². The van der Waals surface area contributed by atoms with Crippen LogP contribution < -0.4 is 5.32 Å². The van der Waals surface area contributed by atoms with Crippen molar-refractivity contribution in [1.82, 2.24) is 5.32 Å². The van der Waals surface area contributed by atoms with Gasteiger partial charge in [0.2, 0.25) is 0 Å². The van der Waals surface area contributed by atoms with E-state index in [9.17, 15) is 18.3 Å². The smallest absolute Gasteiger partial charge is 0.385 e. The fourth-order valence-corrected chi connectivity index (χ4v) is 2.63. The summed E-state index contributed by atoms with van der Waals surface area (Å²) in [4.78, 5) is 0. The molecule has 0 atom stereocenters. The Bertz CT molecular complexity index is 441. The molecule has 0 bridgehead atoms. The van der Waals surface area contributed by atoms with Crippen LogP contribution in [0.25, 0.3) is 0 Å². The second kappa shape index (κ2) is 4.72. The quantitative estimate of drug-likeness (QED) is 0.828. The number of piperidine rings is 1. The number of aliphatic hydroxyl groups is 1. The van der Waals surface area contributed by atoms with Crippen molar-refractivity contribution in [3.8, 4) is 0 Å². The summed E-state index contributed by atoms with van der Waals surface area (Å²) in [7, 11) is 0. The van der Waals surface area contributed by atoms with E-state index in [1.165, 1.54) is 12.1 Å². The van der Waals surface area contributed by atoms with E-state index in [1.54, 1.807) is 0 Å². The van der Waals surface area contributed by atoms with Gasteiger partial charge < -0.3 is 10.4 Å². The Labute approximate surface area is 108 Å². The van der Waals surface area contributed by atoms with Gasteiger partial charge in [0.05, 0.1) is 16.2 Å². The molecule has 18 heavy (non-hydrogen) atoms. The number of halogens is 4. The Morgan fingerprint density at radius 1 is 1.22 bits per heavy atom. The zero-order valence-corrected chi connectivity index (χ0v) is 10.3. The summed E-state index contributed by atoms with van der Waals surface area (Å²) < 4.78 is 38.2. The molecule has 1 aliphatic heterocycles. The third-order valence-corrected chi connectivity index (χ3v) is 3.64. The van der Waals surface area contributed by atoms with Crippen molar-refractivity contribution in [1.29, 1.82) is 0 Å². The predicted molar refractivity (Wildman–Crippen MR) is 62.5 cm³/mol. The molecule has 1 fully saturated rings. The summed E-state index contributed by atoms with van der Waals surface area (Å²) in [5.74, 6) is 0. The van der Waals surface area contributed by atoms with Gasteiger partial charge in [-0.15, -0.1) is 0 Å². The molecule has 0 aromatic heterocycles. The number of hydrogen-bond acceptors (Lipinski definition) is 2. The molecule has 2 nitrogen and oxygen atoms in total. The van der Waals surface area contributed by atoms with Gasteiger partial charge in [0, 0.05) is 5.56 Å². The van der Waals surface area contributed by atoms with Gasteiger partial charge in [-0.1, -0.05) is 23.7 Å². The van der Waals surface area contributed by atoms with Crippen LogP contribution in [0.1, 0.15) is 24.0 Å². The Kier molecular flexibility index (Phi) is 3.58. The van der Waals surface area contributed by atoms with E-state index < -0.39 is 22.4 Å². The number of nitrogens with one attached hydrogen (secondary N) is 1. The second-order valence-corrected chi connectivity index (χ2v) is 4.82. The van der Waals surface area contributed by atoms with Crippen LogP contribution in [-0.2, 0) is 11.8 Å². The number of benzene rings is 1. The highest BCUT2D eigenvalue weighted by atomic mass is 35.5. The highest BCUT2D eigenvalue weighted by Crippen LogP contribution is 2.41. The van der Waals surface area contributed by atoms with Crippen LogP contribution in [0.15, 0.2) is 18.2 Å². The topological polar surface area (TPSA) is 32.3 Å². The minimum atomic E-state index is -4.50. The van der Waals surface area contributed by atoms with Gasteiger partial charge in [0.15, 0.2) is 0 Å². The van der Waals surface area contributed by atoms with E-state index in [1.807, 2.05) is 0 Å². The lowest BCUT2D eigenvalue weighted by molar-refractivity contribution is -0.137. The van der Waals surface area contributed by atoms with Crippen molar-refractivity contribution in [3.63, 3.8) is 0 Å². The summed E-state index contributed by atoms with van der Waals surface area (Å²) in [6, 6.07) is 3.67. The summed E-state index contributed by atoms with van der Waals surface area (Å²) >= 11 is 5.82. The molecule has 1 aromatic rings. The van der Waals surface area contributed by atoms with E-state index >= 15 is 0 Å². The standard InChI is InChI=1S/C12H13ClF3NO/c13-10-8(11(18)4-6-17-7-5-11)2-1-3-9(10)12(14,15)16/h1-3,17-18H,4-7H2. The van der Waals surface area contributed by atoms with Crippen LogP contribution in [-0.4, -0.2) is 18.2 Å². The fourth-order valence-electron chi connectivity index (χ4n) is 2.22. The molecule has 2 rings (SSSR count). The molecule has 0 aliphatic carbocycles. The number of rotatable bonds is 1. The third-order valence-electron chi connectivity index (χ3n) is 3.24. The predicted octanol–water partition coefficient (Wildman–Crippen LogP) is 2.93. The average molecular weight is 280 g/mol. The second-order valence-electron chi connectivity index (χ2n) is 4.45. The largest absolute Gasteiger partial charge is 0.417 e. The Balaban J connectivity index is 2.45. The van der Waals surface area contributed by atoms with Gasteiger partial charge >= 0.3 is 6.18 Å².